The second-order valence-corrected chi connectivity index (χ2v) is 1.82. The third-order valence-electron chi connectivity index (χ3n) is 1.01. The van der Waals surface area contributed by atoms with E-state index in [-0.39, 0.29) is 0 Å². The molecule has 1 aromatic heterocycles. The minimum absolute atomic E-state index is 0.678. The minimum atomic E-state index is -3.06. The normalized spacial score (nSPS) is 12.5. The van der Waals surface area contributed by atoms with Gasteiger partial charge in [0, 0.05) is 18.6 Å². The number of halogens is 3. The summed E-state index contributed by atoms with van der Waals surface area (Å²) in [5, 5.41) is 0. The zero-order valence-corrected chi connectivity index (χ0v) is 5.42. The Bertz CT molecular complexity index is 240. The summed E-state index contributed by atoms with van der Waals surface area (Å²) >= 11 is 0. The van der Waals surface area contributed by atoms with Gasteiger partial charge in [-0.05, 0) is 0 Å². The molecule has 1 rings (SSSR count). The highest BCUT2D eigenvalue weighted by molar-refractivity contribution is 5.26. The quantitative estimate of drug-likeness (QED) is 0.649. The van der Waals surface area contributed by atoms with Gasteiger partial charge in [0.05, 0.1) is 6.33 Å². The van der Waals surface area contributed by atoms with Gasteiger partial charge in [0.15, 0.2) is 5.83 Å². The van der Waals surface area contributed by atoms with Gasteiger partial charge in [0.2, 0.25) is 0 Å². The van der Waals surface area contributed by atoms with Crippen molar-refractivity contribution in [3.8, 4) is 0 Å². The van der Waals surface area contributed by atoms with Gasteiger partial charge in [0.25, 0.3) is 6.43 Å². The molecule has 0 aromatic carbocycles. The van der Waals surface area contributed by atoms with Gasteiger partial charge in [-0.2, -0.15) is 0 Å². The molecular weight excluding hydrogens is 157 g/mol. The van der Waals surface area contributed by atoms with Crippen LogP contribution >= 0.6 is 0 Å². The van der Waals surface area contributed by atoms with Crippen molar-refractivity contribution in [3.63, 3.8) is 0 Å². The van der Waals surface area contributed by atoms with E-state index >= 15 is 0 Å². The van der Waals surface area contributed by atoms with Crippen LogP contribution in [0.5, 0.6) is 0 Å². The van der Waals surface area contributed by atoms with Crippen LogP contribution in [0.15, 0.2) is 24.5 Å². The van der Waals surface area contributed by atoms with Crippen LogP contribution in [-0.4, -0.2) is 16.0 Å². The largest absolute Gasteiger partial charge is 0.310 e. The zero-order chi connectivity index (χ0) is 8.27. The Hall–Kier alpha value is -1.26. The fraction of sp³-hybridized carbons (Fsp3) is 0.167. The molecule has 5 heteroatoms. The molecule has 0 aliphatic rings. The van der Waals surface area contributed by atoms with E-state index in [1.54, 1.807) is 0 Å². The molecule has 0 N–H and O–H groups in total. The van der Waals surface area contributed by atoms with E-state index in [0.29, 0.717) is 6.20 Å². The SMILES string of the molecule is FC(=Cn1ccnc1)C(F)F. The van der Waals surface area contributed by atoms with Crippen LogP contribution < -0.4 is 0 Å². The third-order valence-corrected chi connectivity index (χ3v) is 1.01. The lowest BCUT2D eigenvalue weighted by Gasteiger charge is -1.93. The van der Waals surface area contributed by atoms with Crippen LogP contribution in [0, 0.1) is 0 Å². The molecule has 0 fully saturated rings. The van der Waals surface area contributed by atoms with Gasteiger partial charge < -0.3 is 4.57 Å². The summed E-state index contributed by atoms with van der Waals surface area (Å²) in [6.45, 7) is 0. The predicted molar refractivity (Wildman–Crippen MR) is 33.6 cm³/mol. The van der Waals surface area contributed by atoms with E-state index in [2.05, 4.69) is 4.98 Å². The maximum atomic E-state index is 12.2. The van der Waals surface area contributed by atoms with Crippen molar-refractivity contribution < 1.29 is 13.2 Å². The van der Waals surface area contributed by atoms with Crippen LogP contribution in [-0.2, 0) is 0 Å². The lowest BCUT2D eigenvalue weighted by atomic mass is 10.6. The second-order valence-electron chi connectivity index (χ2n) is 1.82. The monoisotopic (exact) mass is 162 g/mol. The lowest BCUT2D eigenvalue weighted by molar-refractivity contribution is 0.160. The molecule has 0 aliphatic heterocycles. The zero-order valence-electron chi connectivity index (χ0n) is 5.42. The van der Waals surface area contributed by atoms with Crippen LogP contribution in [0.25, 0.3) is 6.20 Å². The summed E-state index contributed by atoms with van der Waals surface area (Å²) < 4.78 is 36.4. The summed E-state index contributed by atoms with van der Waals surface area (Å²) in [7, 11) is 0. The number of aromatic nitrogens is 2. The predicted octanol–water partition coefficient (Wildman–Crippen LogP) is 1.92. The van der Waals surface area contributed by atoms with Crippen LogP contribution in [0.2, 0.25) is 0 Å². The molecule has 0 bridgehead atoms. The smallest absolute Gasteiger partial charge is 0.290 e. The standard InChI is InChI=1S/C6H5F3N2/c7-5(6(8)9)3-11-2-1-10-4-11/h1-4,6H. The van der Waals surface area contributed by atoms with Crippen LogP contribution in [0.4, 0.5) is 13.2 Å². The van der Waals surface area contributed by atoms with Crippen molar-refractivity contribution in [2.75, 3.05) is 0 Å². The second kappa shape index (κ2) is 3.23. The molecule has 0 amide bonds. The summed E-state index contributed by atoms with van der Waals surface area (Å²) in [5.74, 6) is -1.47. The van der Waals surface area contributed by atoms with Gasteiger partial charge in [-0.15, -0.1) is 0 Å². The lowest BCUT2D eigenvalue weighted by Crippen LogP contribution is -1.92. The maximum absolute atomic E-state index is 12.2. The number of hydrogen-bond acceptors (Lipinski definition) is 1. The molecule has 0 saturated heterocycles. The minimum Gasteiger partial charge on any atom is -0.310 e. The van der Waals surface area contributed by atoms with Crippen LogP contribution in [0.1, 0.15) is 0 Å². The van der Waals surface area contributed by atoms with E-state index in [1.165, 1.54) is 18.7 Å². The molecule has 60 valence electrons. The van der Waals surface area contributed by atoms with Crippen molar-refractivity contribution in [1.29, 1.82) is 0 Å². The molecular formula is C6H5F3N2. The first-order valence-corrected chi connectivity index (χ1v) is 2.83. The number of nitrogens with zero attached hydrogens (tertiary/aromatic N) is 2. The topological polar surface area (TPSA) is 17.8 Å². The van der Waals surface area contributed by atoms with Gasteiger partial charge in [-0.1, -0.05) is 0 Å². The average Bonchev–Trinajstić information content (AvgIpc) is 2.39. The molecule has 0 unspecified atom stereocenters. The fourth-order valence-corrected chi connectivity index (χ4v) is 0.545. The van der Waals surface area contributed by atoms with E-state index in [9.17, 15) is 13.2 Å². The summed E-state index contributed by atoms with van der Waals surface area (Å²) in [6.07, 6.45) is 1.58. The highest BCUT2D eigenvalue weighted by atomic mass is 19.3. The Morgan fingerprint density at radius 2 is 2.27 bits per heavy atom. The molecule has 11 heavy (non-hydrogen) atoms. The highest BCUT2D eigenvalue weighted by Gasteiger charge is 2.08. The Morgan fingerprint density at radius 1 is 1.55 bits per heavy atom. The van der Waals surface area contributed by atoms with Crippen molar-refractivity contribution >= 4 is 6.20 Å². The van der Waals surface area contributed by atoms with Crippen LogP contribution in [0.3, 0.4) is 0 Å². The number of rotatable bonds is 2. The van der Waals surface area contributed by atoms with Crippen molar-refractivity contribution in [2.24, 2.45) is 0 Å². The van der Waals surface area contributed by atoms with E-state index in [4.69, 9.17) is 0 Å². The molecule has 1 aromatic rings. The third kappa shape index (κ3) is 2.10. The number of hydrogen-bond donors (Lipinski definition) is 0. The Kier molecular flexibility index (Phi) is 2.30. The summed E-state index contributed by atoms with van der Waals surface area (Å²) in [4.78, 5) is 3.54. The number of allylic oxidation sites excluding steroid dienone is 1. The first-order valence-electron chi connectivity index (χ1n) is 2.83. The molecule has 0 aliphatic carbocycles. The van der Waals surface area contributed by atoms with Gasteiger partial charge in [-0.3, -0.25) is 0 Å². The first kappa shape index (κ1) is 7.84. The molecule has 2 nitrogen and oxygen atoms in total. The highest BCUT2D eigenvalue weighted by Crippen LogP contribution is 2.10. The van der Waals surface area contributed by atoms with E-state index in [1.807, 2.05) is 0 Å². The first-order chi connectivity index (χ1) is 5.20. The average molecular weight is 162 g/mol. The maximum Gasteiger partial charge on any atom is 0.290 e. The van der Waals surface area contributed by atoms with E-state index < -0.39 is 12.3 Å². The number of alkyl halides is 2. The van der Waals surface area contributed by atoms with Crippen molar-refractivity contribution in [2.45, 2.75) is 6.43 Å². The fourth-order valence-electron chi connectivity index (χ4n) is 0.545. The Balaban J connectivity index is 2.74. The molecule has 0 radical (unpaired) electrons. The summed E-state index contributed by atoms with van der Waals surface area (Å²) in [6, 6.07) is 0. The Labute approximate surface area is 61.0 Å². The molecule has 1 heterocycles. The van der Waals surface area contributed by atoms with E-state index in [0.717, 1.165) is 4.57 Å². The molecule has 0 saturated carbocycles. The Morgan fingerprint density at radius 3 is 2.73 bits per heavy atom. The van der Waals surface area contributed by atoms with Gasteiger partial charge >= 0.3 is 0 Å². The van der Waals surface area contributed by atoms with Gasteiger partial charge in [-0.25, -0.2) is 18.2 Å². The molecule has 0 spiro atoms. The van der Waals surface area contributed by atoms with Gasteiger partial charge in [0.1, 0.15) is 0 Å². The van der Waals surface area contributed by atoms with Crippen molar-refractivity contribution in [1.82, 2.24) is 9.55 Å². The number of imidazole rings is 1. The summed E-state index contributed by atoms with van der Waals surface area (Å²) in [5.41, 5.74) is 0. The molecule has 0 atom stereocenters. The van der Waals surface area contributed by atoms with Crippen molar-refractivity contribution in [3.05, 3.63) is 24.5 Å².